The van der Waals surface area contributed by atoms with E-state index in [0.29, 0.717) is 31.6 Å². The van der Waals surface area contributed by atoms with Crippen molar-refractivity contribution in [2.24, 2.45) is 17.8 Å². The molecule has 3 N–H and O–H groups in total. The van der Waals surface area contributed by atoms with E-state index in [-0.39, 0.29) is 25.7 Å². The highest BCUT2D eigenvalue weighted by atomic mass is 31.2. The van der Waals surface area contributed by atoms with Crippen LogP contribution in [0.1, 0.15) is 421 Å². The second-order valence-corrected chi connectivity index (χ2v) is 33.3. The number of hydrogen-bond acceptors (Lipinski definition) is 15. The van der Waals surface area contributed by atoms with Crippen molar-refractivity contribution in [2.75, 3.05) is 39.6 Å². The van der Waals surface area contributed by atoms with Gasteiger partial charge >= 0.3 is 39.5 Å². The van der Waals surface area contributed by atoms with Crippen LogP contribution in [0, 0.1) is 17.8 Å². The summed E-state index contributed by atoms with van der Waals surface area (Å²) in [6.07, 6.45) is 59.9. The van der Waals surface area contributed by atoms with Crippen LogP contribution in [0.3, 0.4) is 0 Å². The lowest BCUT2D eigenvalue weighted by Gasteiger charge is -2.21. The summed E-state index contributed by atoms with van der Waals surface area (Å²) in [5.41, 5.74) is 0. The summed E-state index contributed by atoms with van der Waals surface area (Å²) >= 11 is 0. The molecule has 0 saturated carbocycles. The molecule has 0 aliphatic heterocycles. The van der Waals surface area contributed by atoms with Crippen LogP contribution in [0.4, 0.5) is 0 Å². The SMILES string of the molecule is CCCCCCCCCCCCCC(=O)O[C@H](COC(=O)CCCCCCCCC(C)C)COP(=O)(O)OC[C@H](O)COP(=O)(O)OC[C@@H](COC(=O)CCCCCCCCCCCCCCCCCC(C)C)OC(=O)CCCCCCCCCCCCCCCCCCCCC(C)CC. The number of carbonyl (C=O) groups is 4. The van der Waals surface area contributed by atoms with Gasteiger partial charge in [-0.1, -0.05) is 370 Å². The maximum atomic E-state index is 13.1. The number of rotatable bonds is 79. The molecule has 0 aliphatic carbocycles. The number of phosphoric acid groups is 2. The van der Waals surface area contributed by atoms with Gasteiger partial charge < -0.3 is 33.8 Å². The summed E-state index contributed by atoms with van der Waals surface area (Å²) in [6, 6.07) is 0. The normalized spacial score (nSPS) is 14.2. The van der Waals surface area contributed by atoms with E-state index >= 15 is 0 Å². The third-order valence-corrected chi connectivity index (χ3v) is 21.1. The molecule has 0 heterocycles. The monoisotopic (exact) mass is 1470 g/mol. The molecule has 0 rings (SSSR count). The summed E-state index contributed by atoms with van der Waals surface area (Å²) < 4.78 is 68.6. The van der Waals surface area contributed by atoms with Gasteiger partial charge in [0.25, 0.3) is 0 Å². The Morgan fingerprint density at radius 1 is 0.290 bits per heavy atom. The Kier molecular flexibility index (Phi) is 69.9. The average Bonchev–Trinajstić information content (AvgIpc) is 0.936. The molecular formula is C81H158O17P2. The molecule has 0 aromatic heterocycles. The van der Waals surface area contributed by atoms with Crippen molar-refractivity contribution in [3.8, 4) is 0 Å². The van der Waals surface area contributed by atoms with Gasteiger partial charge in [0.05, 0.1) is 26.4 Å². The van der Waals surface area contributed by atoms with E-state index in [4.69, 9.17) is 37.0 Å². The zero-order valence-electron chi connectivity index (χ0n) is 65.7. The number of aliphatic hydroxyl groups excluding tert-OH is 1. The molecule has 0 aromatic carbocycles. The summed E-state index contributed by atoms with van der Waals surface area (Å²) in [7, 11) is -9.92. The molecule has 0 aromatic rings. The minimum Gasteiger partial charge on any atom is -0.462 e. The molecular weight excluding hydrogens is 1310 g/mol. The Morgan fingerprint density at radius 3 is 0.760 bits per heavy atom. The molecule has 0 spiro atoms. The fourth-order valence-corrected chi connectivity index (χ4v) is 14.0. The lowest BCUT2D eigenvalue weighted by molar-refractivity contribution is -0.161. The van der Waals surface area contributed by atoms with E-state index in [2.05, 4.69) is 48.5 Å². The van der Waals surface area contributed by atoms with Crippen LogP contribution in [0.15, 0.2) is 0 Å². The predicted octanol–water partition coefficient (Wildman–Crippen LogP) is 24.1. The van der Waals surface area contributed by atoms with Crippen LogP contribution >= 0.6 is 15.6 Å². The van der Waals surface area contributed by atoms with Crippen LogP contribution in [-0.4, -0.2) is 96.7 Å². The molecule has 19 heteroatoms. The van der Waals surface area contributed by atoms with Crippen molar-refractivity contribution < 1.29 is 80.2 Å². The summed E-state index contributed by atoms with van der Waals surface area (Å²) in [6.45, 7) is 11.9. The van der Waals surface area contributed by atoms with Gasteiger partial charge in [-0.25, -0.2) is 9.13 Å². The van der Waals surface area contributed by atoms with Crippen molar-refractivity contribution in [1.82, 2.24) is 0 Å². The molecule has 594 valence electrons. The number of aliphatic hydroxyl groups is 1. The molecule has 6 atom stereocenters. The number of phosphoric ester groups is 2. The van der Waals surface area contributed by atoms with Gasteiger partial charge in [0.15, 0.2) is 12.2 Å². The summed E-state index contributed by atoms with van der Waals surface area (Å²) in [5, 5.41) is 10.6. The van der Waals surface area contributed by atoms with Gasteiger partial charge in [-0.15, -0.1) is 0 Å². The first-order valence-corrected chi connectivity index (χ1v) is 44.9. The van der Waals surface area contributed by atoms with Crippen molar-refractivity contribution >= 4 is 39.5 Å². The Hall–Kier alpha value is -1.94. The first-order valence-electron chi connectivity index (χ1n) is 41.9. The maximum Gasteiger partial charge on any atom is 0.472 e. The van der Waals surface area contributed by atoms with Crippen LogP contribution in [0.2, 0.25) is 0 Å². The minimum absolute atomic E-state index is 0.106. The van der Waals surface area contributed by atoms with Gasteiger partial charge in [-0.2, -0.15) is 0 Å². The quantitative estimate of drug-likeness (QED) is 0.0222. The molecule has 3 unspecified atom stereocenters. The fraction of sp³-hybridized carbons (Fsp3) is 0.951. The Labute approximate surface area is 613 Å². The molecule has 17 nitrogen and oxygen atoms in total. The number of ether oxygens (including phenoxy) is 4. The van der Waals surface area contributed by atoms with Gasteiger partial charge in [0.1, 0.15) is 19.3 Å². The number of unbranched alkanes of at least 4 members (excludes halogenated alkanes) is 46. The zero-order chi connectivity index (χ0) is 73.7. The van der Waals surface area contributed by atoms with Crippen LogP contribution in [0.25, 0.3) is 0 Å². The van der Waals surface area contributed by atoms with Crippen molar-refractivity contribution in [1.29, 1.82) is 0 Å². The highest BCUT2D eigenvalue weighted by Crippen LogP contribution is 2.45. The third-order valence-electron chi connectivity index (χ3n) is 19.2. The summed E-state index contributed by atoms with van der Waals surface area (Å²) in [5.74, 6) is 0.243. The minimum atomic E-state index is -4.96. The van der Waals surface area contributed by atoms with Crippen molar-refractivity contribution in [3.63, 3.8) is 0 Å². The van der Waals surface area contributed by atoms with Gasteiger partial charge in [-0.3, -0.25) is 37.3 Å². The number of carbonyl (C=O) groups excluding carboxylic acids is 4. The maximum absolute atomic E-state index is 13.1. The topological polar surface area (TPSA) is 237 Å². The highest BCUT2D eigenvalue weighted by Gasteiger charge is 2.30. The van der Waals surface area contributed by atoms with E-state index in [1.54, 1.807) is 0 Å². The first kappa shape index (κ1) is 98.1. The molecule has 0 fully saturated rings. The standard InChI is InChI=1S/C81H158O17P2/c1-8-10-11-12-13-14-28-36-41-50-57-64-80(85)98-77(69-92-79(84)63-56-49-44-43-46-53-60-73(5)6)71-96-100(89,90)94-67-75(82)66-93-99(87,88)95-70-76(68-91-78(83)62-55-48-40-35-31-26-23-19-20-24-29-33-38-45-52-59-72(3)4)97-81(86)65-58-51-42-37-32-27-22-18-16-15-17-21-25-30-34-39-47-54-61-74(7)9-2/h72-77,82H,8-71H2,1-7H3,(H,87,88)(H,89,90)/t74?,75-,76-,77-/m1/s1. The van der Waals surface area contributed by atoms with Gasteiger partial charge in [0.2, 0.25) is 0 Å². The molecule has 0 bridgehead atoms. The third kappa shape index (κ3) is 73.0. The lowest BCUT2D eigenvalue weighted by Crippen LogP contribution is -2.30. The van der Waals surface area contributed by atoms with Gasteiger partial charge in [-0.05, 0) is 43.4 Å². The number of esters is 4. The second-order valence-electron chi connectivity index (χ2n) is 30.4. The predicted molar refractivity (Wildman–Crippen MR) is 409 cm³/mol. The largest absolute Gasteiger partial charge is 0.472 e. The Balaban J connectivity index is 5.19. The summed E-state index contributed by atoms with van der Waals surface area (Å²) in [4.78, 5) is 72.9. The molecule has 0 radical (unpaired) electrons. The van der Waals surface area contributed by atoms with E-state index in [9.17, 15) is 43.2 Å². The van der Waals surface area contributed by atoms with E-state index in [1.807, 2.05) is 0 Å². The van der Waals surface area contributed by atoms with Crippen molar-refractivity contribution in [2.45, 2.75) is 439 Å². The van der Waals surface area contributed by atoms with Crippen LogP contribution in [0.5, 0.6) is 0 Å². The van der Waals surface area contributed by atoms with E-state index in [0.717, 1.165) is 108 Å². The fourth-order valence-electron chi connectivity index (χ4n) is 12.5. The van der Waals surface area contributed by atoms with Gasteiger partial charge in [0, 0.05) is 25.7 Å². The van der Waals surface area contributed by atoms with Crippen LogP contribution < -0.4 is 0 Å². The van der Waals surface area contributed by atoms with E-state index in [1.165, 1.54) is 225 Å². The van der Waals surface area contributed by atoms with E-state index < -0.39 is 97.5 Å². The number of hydrogen-bond donors (Lipinski definition) is 3. The smallest absolute Gasteiger partial charge is 0.462 e. The highest BCUT2D eigenvalue weighted by molar-refractivity contribution is 7.47. The molecule has 0 saturated heterocycles. The second kappa shape index (κ2) is 71.3. The van der Waals surface area contributed by atoms with Crippen molar-refractivity contribution in [3.05, 3.63) is 0 Å². The Morgan fingerprint density at radius 2 is 0.510 bits per heavy atom. The first-order chi connectivity index (χ1) is 48.3. The molecule has 0 aliphatic rings. The van der Waals surface area contributed by atoms with Crippen LogP contribution in [-0.2, 0) is 65.4 Å². The zero-order valence-corrected chi connectivity index (χ0v) is 67.5. The lowest BCUT2D eigenvalue weighted by atomic mass is 9.99. The molecule has 0 amide bonds. The molecule has 100 heavy (non-hydrogen) atoms. The Bertz CT molecular complexity index is 1940. The average molecular weight is 1470 g/mol.